The number of aromatic nitrogens is 1. The molecule has 1 aromatic carbocycles. The van der Waals surface area contributed by atoms with Crippen molar-refractivity contribution in [3.05, 3.63) is 59.4 Å². The van der Waals surface area contributed by atoms with Crippen molar-refractivity contribution < 1.29 is 19.4 Å². The third-order valence-corrected chi connectivity index (χ3v) is 4.70. The van der Waals surface area contributed by atoms with Gasteiger partial charge in [-0.25, -0.2) is 9.78 Å². The summed E-state index contributed by atoms with van der Waals surface area (Å²) in [5, 5.41) is 9.13. The standard InChI is InChI=1S/C20H22N2O4/c1-26-15-11-9-14(10-12-15)18-8-3-2-4-13-22(18)19(23)16-6-5-7-17(21-16)20(24)25/h5-7,9-12,18H,2-4,8,13H2,1H3,(H,24,25). The summed E-state index contributed by atoms with van der Waals surface area (Å²) in [6.07, 6.45) is 3.91. The molecular weight excluding hydrogens is 332 g/mol. The maximum Gasteiger partial charge on any atom is 0.354 e. The second-order valence-corrected chi connectivity index (χ2v) is 6.35. The largest absolute Gasteiger partial charge is 0.497 e. The summed E-state index contributed by atoms with van der Waals surface area (Å²) in [7, 11) is 1.62. The molecule has 6 nitrogen and oxygen atoms in total. The van der Waals surface area contributed by atoms with Crippen LogP contribution in [0.4, 0.5) is 0 Å². The van der Waals surface area contributed by atoms with Crippen LogP contribution in [0, 0.1) is 0 Å². The Bertz CT molecular complexity index is 789. The third kappa shape index (κ3) is 3.85. The second kappa shape index (κ2) is 7.99. The van der Waals surface area contributed by atoms with E-state index in [0.29, 0.717) is 6.54 Å². The topological polar surface area (TPSA) is 79.7 Å². The predicted octanol–water partition coefficient (Wildman–Crippen LogP) is 3.55. The molecule has 3 rings (SSSR count). The first kappa shape index (κ1) is 17.9. The van der Waals surface area contributed by atoms with E-state index < -0.39 is 5.97 Å². The Morgan fingerprint density at radius 3 is 2.50 bits per heavy atom. The Morgan fingerprint density at radius 1 is 1.08 bits per heavy atom. The highest BCUT2D eigenvalue weighted by molar-refractivity contribution is 5.94. The van der Waals surface area contributed by atoms with Crippen LogP contribution in [0.25, 0.3) is 0 Å². The molecule has 0 spiro atoms. The highest BCUT2D eigenvalue weighted by atomic mass is 16.5. The lowest BCUT2D eigenvalue weighted by Gasteiger charge is -2.30. The molecule has 0 saturated carbocycles. The van der Waals surface area contributed by atoms with E-state index in [-0.39, 0.29) is 23.3 Å². The van der Waals surface area contributed by atoms with Gasteiger partial charge >= 0.3 is 5.97 Å². The number of aromatic carboxylic acids is 1. The van der Waals surface area contributed by atoms with Crippen LogP contribution in [0.5, 0.6) is 5.75 Å². The lowest BCUT2D eigenvalue weighted by Crippen LogP contribution is -2.35. The fourth-order valence-corrected chi connectivity index (χ4v) is 3.34. The summed E-state index contributed by atoms with van der Waals surface area (Å²) in [5.41, 5.74) is 1.10. The molecule has 1 aromatic heterocycles. The molecule has 1 unspecified atom stereocenters. The molecule has 0 radical (unpaired) electrons. The van der Waals surface area contributed by atoms with Crippen LogP contribution in [0.2, 0.25) is 0 Å². The van der Waals surface area contributed by atoms with E-state index in [0.717, 1.165) is 37.0 Å². The van der Waals surface area contributed by atoms with E-state index in [1.54, 1.807) is 19.2 Å². The van der Waals surface area contributed by atoms with Gasteiger partial charge in [0.15, 0.2) is 0 Å². The molecule has 6 heteroatoms. The van der Waals surface area contributed by atoms with Gasteiger partial charge in [-0.3, -0.25) is 4.79 Å². The van der Waals surface area contributed by atoms with Crippen LogP contribution in [0.15, 0.2) is 42.5 Å². The van der Waals surface area contributed by atoms with Crippen LogP contribution in [0.3, 0.4) is 0 Å². The van der Waals surface area contributed by atoms with Crippen molar-refractivity contribution >= 4 is 11.9 Å². The van der Waals surface area contributed by atoms with Gasteiger partial charge in [-0.2, -0.15) is 0 Å². The summed E-state index contributed by atoms with van der Waals surface area (Å²) in [6.45, 7) is 0.633. The zero-order valence-electron chi connectivity index (χ0n) is 14.7. The van der Waals surface area contributed by atoms with Gasteiger partial charge in [0.1, 0.15) is 17.1 Å². The first-order chi connectivity index (χ1) is 12.6. The van der Waals surface area contributed by atoms with Crippen LogP contribution >= 0.6 is 0 Å². The number of carbonyl (C=O) groups is 2. The van der Waals surface area contributed by atoms with Gasteiger partial charge < -0.3 is 14.7 Å². The number of nitrogens with zero attached hydrogens (tertiary/aromatic N) is 2. The van der Waals surface area contributed by atoms with Crippen molar-refractivity contribution in [3.8, 4) is 5.75 Å². The van der Waals surface area contributed by atoms with Gasteiger partial charge in [0.25, 0.3) is 5.91 Å². The SMILES string of the molecule is COc1ccc(C2CCCCCN2C(=O)c2cccc(C(=O)O)n2)cc1. The first-order valence-corrected chi connectivity index (χ1v) is 8.75. The van der Waals surface area contributed by atoms with Crippen molar-refractivity contribution in [1.29, 1.82) is 0 Å². The number of rotatable bonds is 4. The van der Waals surface area contributed by atoms with Gasteiger partial charge in [-0.05, 0) is 42.7 Å². The summed E-state index contributed by atoms with van der Waals surface area (Å²) in [4.78, 5) is 30.1. The highest BCUT2D eigenvalue weighted by Crippen LogP contribution is 2.32. The van der Waals surface area contributed by atoms with E-state index >= 15 is 0 Å². The average Bonchev–Trinajstić information content (AvgIpc) is 2.93. The molecule has 1 saturated heterocycles. The van der Waals surface area contributed by atoms with Gasteiger partial charge in [-0.15, -0.1) is 0 Å². The minimum atomic E-state index is -1.14. The molecular formula is C20H22N2O4. The maximum atomic E-state index is 13.1. The summed E-state index contributed by atoms with van der Waals surface area (Å²) < 4.78 is 5.21. The fourth-order valence-electron chi connectivity index (χ4n) is 3.34. The second-order valence-electron chi connectivity index (χ2n) is 6.35. The van der Waals surface area contributed by atoms with E-state index in [1.165, 1.54) is 6.07 Å². The number of carboxylic acids is 1. The zero-order chi connectivity index (χ0) is 18.5. The van der Waals surface area contributed by atoms with E-state index in [2.05, 4.69) is 4.98 Å². The fraction of sp³-hybridized carbons (Fsp3) is 0.350. The lowest BCUT2D eigenvalue weighted by molar-refractivity contribution is 0.0672. The number of ether oxygens (including phenoxy) is 1. The monoisotopic (exact) mass is 354 g/mol. The molecule has 136 valence electrons. The molecule has 1 aliphatic rings. The van der Waals surface area contributed by atoms with E-state index in [4.69, 9.17) is 9.84 Å². The van der Waals surface area contributed by atoms with E-state index in [9.17, 15) is 9.59 Å². The highest BCUT2D eigenvalue weighted by Gasteiger charge is 2.28. The molecule has 0 aliphatic carbocycles. The molecule has 1 amide bonds. The molecule has 2 aromatic rings. The van der Waals surface area contributed by atoms with Gasteiger partial charge in [-0.1, -0.05) is 31.0 Å². The molecule has 2 heterocycles. The van der Waals surface area contributed by atoms with Crippen molar-refractivity contribution in [3.63, 3.8) is 0 Å². The Morgan fingerprint density at radius 2 is 1.81 bits per heavy atom. The van der Waals surface area contributed by atoms with Crippen molar-refractivity contribution in [1.82, 2.24) is 9.88 Å². The van der Waals surface area contributed by atoms with Gasteiger partial charge in [0.05, 0.1) is 13.2 Å². The molecule has 1 N–H and O–H groups in total. The summed E-state index contributed by atoms with van der Waals surface area (Å²) in [5.74, 6) is -0.589. The number of pyridine rings is 1. The summed E-state index contributed by atoms with van der Waals surface area (Å²) in [6, 6.07) is 12.2. The number of methoxy groups -OCH3 is 1. The van der Waals surface area contributed by atoms with Crippen LogP contribution in [-0.2, 0) is 0 Å². The molecule has 1 fully saturated rings. The smallest absolute Gasteiger partial charge is 0.354 e. The van der Waals surface area contributed by atoms with Crippen molar-refractivity contribution in [2.45, 2.75) is 31.7 Å². The molecule has 1 atom stereocenters. The minimum Gasteiger partial charge on any atom is -0.497 e. The molecule has 1 aliphatic heterocycles. The van der Waals surface area contributed by atoms with Crippen molar-refractivity contribution in [2.24, 2.45) is 0 Å². The Balaban J connectivity index is 1.91. The average molecular weight is 354 g/mol. The zero-order valence-corrected chi connectivity index (χ0v) is 14.7. The third-order valence-electron chi connectivity index (χ3n) is 4.70. The number of likely N-dealkylation sites (tertiary alicyclic amines) is 1. The number of benzene rings is 1. The van der Waals surface area contributed by atoms with Crippen molar-refractivity contribution in [2.75, 3.05) is 13.7 Å². The van der Waals surface area contributed by atoms with Crippen LogP contribution in [0.1, 0.15) is 58.3 Å². The van der Waals surface area contributed by atoms with Gasteiger partial charge in [0, 0.05) is 6.54 Å². The molecule has 0 bridgehead atoms. The quantitative estimate of drug-likeness (QED) is 0.908. The normalized spacial score (nSPS) is 17.4. The Labute approximate surface area is 152 Å². The number of hydrogen-bond donors (Lipinski definition) is 1. The number of hydrogen-bond acceptors (Lipinski definition) is 4. The Kier molecular flexibility index (Phi) is 5.51. The maximum absolute atomic E-state index is 13.1. The lowest BCUT2D eigenvalue weighted by atomic mass is 10.0. The minimum absolute atomic E-state index is 0.0498. The molecule has 26 heavy (non-hydrogen) atoms. The predicted molar refractivity (Wildman–Crippen MR) is 96.4 cm³/mol. The number of carbonyl (C=O) groups excluding carboxylic acids is 1. The number of carboxylic acid groups (broad SMARTS) is 1. The Hall–Kier alpha value is -2.89. The first-order valence-electron chi connectivity index (χ1n) is 8.75. The van der Waals surface area contributed by atoms with Gasteiger partial charge in [0.2, 0.25) is 0 Å². The van der Waals surface area contributed by atoms with Crippen LogP contribution in [-0.4, -0.2) is 40.5 Å². The van der Waals surface area contributed by atoms with Crippen LogP contribution < -0.4 is 4.74 Å². The number of amides is 1. The summed E-state index contributed by atoms with van der Waals surface area (Å²) >= 11 is 0. The van der Waals surface area contributed by atoms with E-state index in [1.807, 2.05) is 29.2 Å².